The Balaban J connectivity index is 1.83. The SMILES string of the molecule is CNC(=O)c1nnc(Nc2cc(C)nc(C3CCN(C)CC3)n2)cc1N=N. The minimum Gasteiger partial charge on any atom is -0.354 e. The van der Waals surface area contributed by atoms with Crippen molar-refractivity contribution >= 4 is 23.2 Å². The molecule has 1 amide bonds. The molecule has 0 aromatic carbocycles. The van der Waals surface area contributed by atoms with Crippen LogP contribution in [0.25, 0.3) is 0 Å². The third-order valence-electron chi connectivity index (χ3n) is 4.55. The molecule has 10 heteroatoms. The minimum absolute atomic E-state index is 0.00364. The molecule has 0 bridgehead atoms. The number of piperidine rings is 1. The minimum atomic E-state index is -0.442. The average Bonchev–Trinajstić information content (AvgIpc) is 2.67. The van der Waals surface area contributed by atoms with E-state index in [0.29, 0.717) is 17.6 Å². The third-order valence-corrected chi connectivity index (χ3v) is 4.55. The van der Waals surface area contributed by atoms with E-state index in [1.165, 1.54) is 13.1 Å². The van der Waals surface area contributed by atoms with E-state index in [2.05, 4.69) is 47.9 Å². The summed E-state index contributed by atoms with van der Waals surface area (Å²) in [6.45, 7) is 3.99. The maximum atomic E-state index is 11.7. The molecular formula is C17H23N9O. The zero-order valence-electron chi connectivity index (χ0n) is 15.7. The maximum Gasteiger partial charge on any atom is 0.273 e. The van der Waals surface area contributed by atoms with Crippen LogP contribution in [0.2, 0.25) is 0 Å². The number of nitrogens with one attached hydrogen (secondary N) is 3. The molecule has 1 aliphatic rings. The van der Waals surface area contributed by atoms with E-state index >= 15 is 0 Å². The van der Waals surface area contributed by atoms with Gasteiger partial charge in [0.1, 0.15) is 17.3 Å². The number of rotatable bonds is 5. The van der Waals surface area contributed by atoms with E-state index in [1.54, 1.807) is 0 Å². The highest BCUT2D eigenvalue weighted by atomic mass is 16.1. The van der Waals surface area contributed by atoms with E-state index in [0.717, 1.165) is 37.4 Å². The van der Waals surface area contributed by atoms with Crippen LogP contribution < -0.4 is 10.6 Å². The molecule has 0 unspecified atom stereocenters. The molecule has 27 heavy (non-hydrogen) atoms. The number of carbonyl (C=O) groups excluding carboxylic acids is 1. The Hall–Kier alpha value is -3.01. The largest absolute Gasteiger partial charge is 0.354 e. The van der Waals surface area contributed by atoms with Gasteiger partial charge in [-0.15, -0.1) is 10.2 Å². The van der Waals surface area contributed by atoms with Crippen LogP contribution in [0.4, 0.5) is 17.3 Å². The standard InChI is InChI=1S/C17H23N9O/c1-10-8-13(22-16(20-10)11-4-6-26(3)7-5-11)21-14-9-12(23-18)15(25-24-14)17(27)19-2/h8-9,11,18H,4-7H2,1-3H3,(H,19,27)(H,20,21,22,24). The number of amides is 1. The van der Waals surface area contributed by atoms with Crippen molar-refractivity contribution in [2.75, 3.05) is 32.5 Å². The molecular weight excluding hydrogens is 346 g/mol. The molecule has 10 nitrogen and oxygen atoms in total. The fraction of sp³-hybridized carbons (Fsp3) is 0.471. The van der Waals surface area contributed by atoms with Gasteiger partial charge in [-0.2, -0.15) is 5.11 Å². The van der Waals surface area contributed by atoms with Crippen LogP contribution in [-0.2, 0) is 0 Å². The van der Waals surface area contributed by atoms with Crippen LogP contribution in [-0.4, -0.2) is 58.2 Å². The zero-order chi connectivity index (χ0) is 19.4. The average molecular weight is 369 g/mol. The molecule has 3 rings (SSSR count). The van der Waals surface area contributed by atoms with Gasteiger partial charge in [0.15, 0.2) is 11.5 Å². The Morgan fingerprint density at radius 2 is 1.96 bits per heavy atom. The van der Waals surface area contributed by atoms with E-state index < -0.39 is 5.91 Å². The van der Waals surface area contributed by atoms with Gasteiger partial charge in [0.05, 0.1) is 0 Å². The fourth-order valence-electron chi connectivity index (χ4n) is 3.04. The van der Waals surface area contributed by atoms with Crippen molar-refractivity contribution in [3.63, 3.8) is 0 Å². The predicted octanol–water partition coefficient (Wildman–Crippen LogP) is 2.15. The number of aryl methyl sites for hydroxylation is 1. The van der Waals surface area contributed by atoms with Crippen LogP contribution in [0.1, 0.15) is 40.8 Å². The fourth-order valence-corrected chi connectivity index (χ4v) is 3.04. The lowest BCUT2D eigenvalue weighted by molar-refractivity contribution is 0.0958. The highest BCUT2D eigenvalue weighted by Crippen LogP contribution is 2.27. The lowest BCUT2D eigenvalue weighted by Crippen LogP contribution is -2.30. The summed E-state index contributed by atoms with van der Waals surface area (Å²) in [6.07, 6.45) is 2.06. The van der Waals surface area contributed by atoms with Gasteiger partial charge >= 0.3 is 0 Å². The summed E-state index contributed by atoms with van der Waals surface area (Å²) in [5, 5.41) is 16.8. The van der Waals surface area contributed by atoms with Crippen molar-refractivity contribution in [2.45, 2.75) is 25.7 Å². The topological polar surface area (TPSA) is 132 Å². The second-order valence-corrected chi connectivity index (χ2v) is 6.61. The Bertz CT molecular complexity index is 846. The summed E-state index contributed by atoms with van der Waals surface area (Å²) in [4.78, 5) is 23.3. The monoisotopic (exact) mass is 369 g/mol. The van der Waals surface area contributed by atoms with Gasteiger partial charge in [0.2, 0.25) is 0 Å². The van der Waals surface area contributed by atoms with E-state index in [1.807, 2.05) is 13.0 Å². The number of nitrogens with zero attached hydrogens (tertiary/aromatic N) is 6. The molecule has 3 N–H and O–H groups in total. The Kier molecular flexibility index (Phi) is 5.65. The molecule has 0 saturated carbocycles. The van der Waals surface area contributed by atoms with Gasteiger partial charge in [0, 0.05) is 30.8 Å². The first-order valence-corrected chi connectivity index (χ1v) is 8.78. The second-order valence-electron chi connectivity index (χ2n) is 6.61. The van der Waals surface area contributed by atoms with Gasteiger partial charge in [-0.25, -0.2) is 15.5 Å². The zero-order valence-corrected chi connectivity index (χ0v) is 15.7. The molecule has 2 aromatic heterocycles. The second kappa shape index (κ2) is 8.12. The maximum absolute atomic E-state index is 11.7. The normalized spacial score (nSPS) is 15.4. The van der Waals surface area contributed by atoms with Crippen LogP contribution >= 0.6 is 0 Å². The molecule has 0 atom stereocenters. The van der Waals surface area contributed by atoms with Crippen molar-refractivity contribution in [2.24, 2.45) is 5.11 Å². The summed E-state index contributed by atoms with van der Waals surface area (Å²) in [6, 6.07) is 3.32. The molecule has 0 spiro atoms. The smallest absolute Gasteiger partial charge is 0.273 e. The number of carbonyl (C=O) groups is 1. The molecule has 1 saturated heterocycles. The number of likely N-dealkylation sites (tertiary alicyclic amines) is 1. The molecule has 142 valence electrons. The van der Waals surface area contributed by atoms with Crippen molar-refractivity contribution in [1.82, 2.24) is 30.4 Å². The number of hydrogen-bond donors (Lipinski definition) is 3. The number of hydrogen-bond acceptors (Lipinski definition) is 9. The van der Waals surface area contributed by atoms with Gasteiger partial charge in [-0.05, 0) is 39.9 Å². The molecule has 1 aliphatic heterocycles. The highest BCUT2D eigenvalue weighted by molar-refractivity contribution is 5.96. The van der Waals surface area contributed by atoms with E-state index in [-0.39, 0.29) is 11.4 Å². The first kappa shape index (κ1) is 18.8. The molecule has 1 fully saturated rings. The van der Waals surface area contributed by atoms with E-state index in [9.17, 15) is 4.79 Å². The van der Waals surface area contributed by atoms with Gasteiger partial charge in [-0.3, -0.25) is 4.79 Å². The van der Waals surface area contributed by atoms with Crippen molar-refractivity contribution in [1.29, 1.82) is 5.53 Å². The lowest BCUT2D eigenvalue weighted by Gasteiger charge is -2.28. The summed E-state index contributed by atoms with van der Waals surface area (Å²) in [5.74, 6) is 1.69. The van der Waals surface area contributed by atoms with Crippen molar-refractivity contribution in [3.8, 4) is 0 Å². The molecule has 2 aromatic rings. The Labute approximate surface area is 157 Å². The van der Waals surface area contributed by atoms with Crippen LogP contribution in [0.3, 0.4) is 0 Å². The highest BCUT2D eigenvalue weighted by Gasteiger charge is 2.21. The predicted molar refractivity (Wildman–Crippen MR) is 99.8 cm³/mol. The third kappa shape index (κ3) is 4.40. The molecule has 0 radical (unpaired) electrons. The quantitative estimate of drug-likeness (QED) is 0.688. The summed E-state index contributed by atoms with van der Waals surface area (Å²) < 4.78 is 0. The molecule has 3 heterocycles. The van der Waals surface area contributed by atoms with Crippen molar-refractivity contribution < 1.29 is 4.79 Å². The number of anilines is 2. The number of aromatic nitrogens is 4. The first-order valence-electron chi connectivity index (χ1n) is 8.78. The Morgan fingerprint density at radius 3 is 2.63 bits per heavy atom. The van der Waals surface area contributed by atoms with Gasteiger partial charge < -0.3 is 15.5 Å². The van der Waals surface area contributed by atoms with Crippen LogP contribution in [0.5, 0.6) is 0 Å². The van der Waals surface area contributed by atoms with E-state index in [4.69, 9.17) is 5.53 Å². The summed E-state index contributed by atoms with van der Waals surface area (Å²) >= 11 is 0. The first-order chi connectivity index (χ1) is 13.0. The van der Waals surface area contributed by atoms with Gasteiger partial charge in [-0.1, -0.05) is 0 Å². The van der Waals surface area contributed by atoms with Crippen molar-refractivity contribution in [3.05, 3.63) is 29.3 Å². The Morgan fingerprint density at radius 1 is 1.22 bits per heavy atom. The van der Waals surface area contributed by atoms with Gasteiger partial charge in [0.25, 0.3) is 5.91 Å². The summed E-state index contributed by atoms with van der Waals surface area (Å²) in [7, 11) is 3.61. The van der Waals surface area contributed by atoms with Crippen LogP contribution in [0.15, 0.2) is 17.2 Å². The lowest BCUT2D eigenvalue weighted by atomic mass is 9.96. The summed E-state index contributed by atoms with van der Waals surface area (Å²) in [5.41, 5.74) is 8.27. The molecule has 0 aliphatic carbocycles. The van der Waals surface area contributed by atoms with Crippen LogP contribution in [0, 0.1) is 12.5 Å².